The molecule has 2 aromatic rings. The Morgan fingerprint density at radius 3 is 2.84 bits per heavy atom. The van der Waals surface area contributed by atoms with Gasteiger partial charge in [0, 0.05) is 26.9 Å². The molecule has 0 N–H and O–H groups in total. The fourth-order valence-corrected chi connectivity index (χ4v) is 1.78. The van der Waals surface area contributed by atoms with Crippen LogP contribution in [0.3, 0.4) is 0 Å². The normalized spacial score (nSPS) is 10.7. The molecule has 0 amide bonds. The Bertz CT molecular complexity index is 572. The molecule has 19 heavy (non-hydrogen) atoms. The van der Waals surface area contributed by atoms with Crippen LogP contribution in [0.15, 0.2) is 12.4 Å². The standard InChI is InChI=1S/C12H17N5O2/c1-9-7-11(12-13-8-16(3)15-12)17(14-9)5-4-6-19-10(2)18/h7-8H,4-6H2,1-3H3. The summed E-state index contributed by atoms with van der Waals surface area (Å²) in [6.07, 6.45) is 2.36. The predicted octanol–water partition coefficient (Wildman–Crippen LogP) is 0.940. The topological polar surface area (TPSA) is 74.8 Å². The van der Waals surface area contributed by atoms with Crippen LogP contribution in [-0.4, -0.2) is 37.1 Å². The molecular formula is C12H17N5O2. The second kappa shape index (κ2) is 5.64. The number of ether oxygens (including phenoxy) is 1. The predicted molar refractivity (Wildman–Crippen MR) is 68.2 cm³/mol. The summed E-state index contributed by atoms with van der Waals surface area (Å²) in [6, 6.07) is 1.95. The van der Waals surface area contributed by atoms with Gasteiger partial charge in [-0.2, -0.15) is 5.10 Å². The molecule has 2 heterocycles. The zero-order chi connectivity index (χ0) is 13.8. The minimum atomic E-state index is -0.261. The molecule has 0 aliphatic carbocycles. The molecule has 0 atom stereocenters. The van der Waals surface area contributed by atoms with Crippen molar-refractivity contribution < 1.29 is 9.53 Å². The summed E-state index contributed by atoms with van der Waals surface area (Å²) < 4.78 is 8.40. The van der Waals surface area contributed by atoms with Crippen molar-refractivity contribution in [2.45, 2.75) is 26.8 Å². The minimum Gasteiger partial charge on any atom is -0.466 e. The van der Waals surface area contributed by atoms with Crippen molar-refractivity contribution in [2.24, 2.45) is 7.05 Å². The maximum Gasteiger partial charge on any atom is 0.302 e. The van der Waals surface area contributed by atoms with Crippen LogP contribution in [0.1, 0.15) is 19.0 Å². The fraction of sp³-hybridized carbons (Fsp3) is 0.500. The molecular weight excluding hydrogens is 246 g/mol. The smallest absolute Gasteiger partial charge is 0.302 e. The lowest BCUT2D eigenvalue weighted by molar-refractivity contribution is -0.141. The Balaban J connectivity index is 2.06. The van der Waals surface area contributed by atoms with Crippen LogP contribution in [-0.2, 0) is 23.1 Å². The third kappa shape index (κ3) is 3.40. The fourth-order valence-electron chi connectivity index (χ4n) is 1.78. The number of carbonyl (C=O) groups is 1. The van der Waals surface area contributed by atoms with E-state index in [1.807, 2.05) is 24.7 Å². The number of hydrogen-bond donors (Lipinski definition) is 0. The van der Waals surface area contributed by atoms with E-state index >= 15 is 0 Å². The highest BCUT2D eigenvalue weighted by atomic mass is 16.5. The van der Waals surface area contributed by atoms with E-state index in [1.54, 1.807) is 11.0 Å². The molecule has 0 aromatic carbocycles. The van der Waals surface area contributed by atoms with E-state index < -0.39 is 0 Å². The zero-order valence-electron chi connectivity index (χ0n) is 11.3. The van der Waals surface area contributed by atoms with Crippen LogP contribution < -0.4 is 0 Å². The third-order valence-corrected chi connectivity index (χ3v) is 2.55. The van der Waals surface area contributed by atoms with Gasteiger partial charge < -0.3 is 4.74 Å². The molecule has 7 nitrogen and oxygen atoms in total. The van der Waals surface area contributed by atoms with Crippen molar-refractivity contribution in [3.05, 3.63) is 18.1 Å². The van der Waals surface area contributed by atoms with Gasteiger partial charge in [-0.05, 0) is 13.0 Å². The molecule has 0 unspecified atom stereocenters. The second-order valence-electron chi connectivity index (χ2n) is 4.33. The van der Waals surface area contributed by atoms with E-state index in [0.717, 1.165) is 11.4 Å². The van der Waals surface area contributed by atoms with Crippen molar-refractivity contribution in [3.63, 3.8) is 0 Å². The Morgan fingerprint density at radius 2 is 2.21 bits per heavy atom. The number of hydrogen-bond acceptors (Lipinski definition) is 5. The highest BCUT2D eigenvalue weighted by molar-refractivity contribution is 5.65. The molecule has 2 rings (SSSR count). The van der Waals surface area contributed by atoms with Crippen molar-refractivity contribution in [1.29, 1.82) is 0 Å². The van der Waals surface area contributed by atoms with E-state index in [2.05, 4.69) is 15.2 Å². The second-order valence-corrected chi connectivity index (χ2v) is 4.33. The van der Waals surface area contributed by atoms with Crippen LogP contribution in [0.2, 0.25) is 0 Å². The first kappa shape index (κ1) is 13.3. The van der Waals surface area contributed by atoms with E-state index in [1.165, 1.54) is 6.92 Å². The largest absolute Gasteiger partial charge is 0.466 e. The van der Waals surface area contributed by atoms with Crippen LogP contribution in [0.4, 0.5) is 0 Å². The van der Waals surface area contributed by atoms with Gasteiger partial charge >= 0.3 is 5.97 Å². The van der Waals surface area contributed by atoms with Gasteiger partial charge in [0.2, 0.25) is 0 Å². The van der Waals surface area contributed by atoms with Crippen LogP contribution in [0.5, 0.6) is 0 Å². The van der Waals surface area contributed by atoms with Gasteiger partial charge in [-0.3, -0.25) is 14.2 Å². The van der Waals surface area contributed by atoms with Crippen LogP contribution >= 0.6 is 0 Å². The molecule has 0 bridgehead atoms. The summed E-state index contributed by atoms with van der Waals surface area (Å²) >= 11 is 0. The average molecular weight is 263 g/mol. The monoisotopic (exact) mass is 263 g/mol. The van der Waals surface area contributed by atoms with Crippen LogP contribution in [0.25, 0.3) is 11.5 Å². The summed E-state index contributed by atoms with van der Waals surface area (Å²) in [4.78, 5) is 14.9. The lowest BCUT2D eigenvalue weighted by Gasteiger charge is -2.05. The summed E-state index contributed by atoms with van der Waals surface area (Å²) in [6.45, 7) is 4.38. The van der Waals surface area contributed by atoms with E-state index in [0.29, 0.717) is 25.4 Å². The highest BCUT2D eigenvalue weighted by Crippen LogP contribution is 2.16. The Kier molecular flexibility index (Phi) is 3.94. The summed E-state index contributed by atoms with van der Waals surface area (Å²) in [7, 11) is 1.82. The van der Waals surface area contributed by atoms with E-state index in [4.69, 9.17) is 4.74 Å². The lowest BCUT2D eigenvalue weighted by atomic mass is 10.3. The Labute approximate surface area is 111 Å². The molecule has 0 aliphatic heterocycles. The lowest BCUT2D eigenvalue weighted by Crippen LogP contribution is -2.08. The van der Waals surface area contributed by atoms with Crippen LogP contribution in [0, 0.1) is 6.92 Å². The van der Waals surface area contributed by atoms with Gasteiger partial charge in [0.25, 0.3) is 0 Å². The summed E-state index contributed by atoms with van der Waals surface area (Å²) in [5.74, 6) is 0.388. The van der Waals surface area contributed by atoms with Crippen molar-refractivity contribution in [1.82, 2.24) is 24.5 Å². The molecule has 2 aromatic heterocycles. The minimum absolute atomic E-state index is 0.261. The highest BCUT2D eigenvalue weighted by Gasteiger charge is 2.11. The van der Waals surface area contributed by atoms with Gasteiger partial charge in [-0.15, -0.1) is 5.10 Å². The quantitative estimate of drug-likeness (QED) is 0.593. The maximum atomic E-state index is 10.7. The number of esters is 1. The average Bonchev–Trinajstić information content (AvgIpc) is 2.90. The van der Waals surface area contributed by atoms with Crippen molar-refractivity contribution in [2.75, 3.05) is 6.61 Å². The first-order valence-electron chi connectivity index (χ1n) is 6.10. The number of aromatic nitrogens is 5. The first-order chi connectivity index (χ1) is 9.06. The Morgan fingerprint density at radius 1 is 1.42 bits per heavy atom. The number of carbonyl (C=O) groups excluding carboxylic acids is 1. The maximum absolute atomic E-state index is 10.7. The Hall–Kier alpha value is -2.18. The van der Waals surface area contributed by atoms with E-state index in [9.17, 15) is 4.79 Å². The van der Waals surface area contributed by atoms with Gasteiger partial charge in [-0.25, -0.2) is 4.98 Å². The SMILES string of the molecule is CC(=O)OCCCn1nc(C)cc1-c1ncn(C)n1. The molecule has 0 fully saturated rings. The molecule has 0 saturated heterocycles. The van der Waals surface area contributed by atoms with Gasteiger partial charge in [-0.1, -0.05) is 0 Å². The summed E-state index contributed by atoms with van der Waals surface area (Å²) in [5, 5.41) is 8.67. The van der Waals surface area contributed by atoms with E-state index in [-0.39, 0.29) is 5.97 Å². The molecule has 0 radical (unpaired) electrons. The molecule has 0 aliphatic rings. The third-order valence-electron chi connectivity index (χ3n) is 2.55. The van der Waals surface area contributed by atoms with Gasteiger partial charge in [0.15, 0.2) is 5.82 Å². The van der Waals surface area contributed by atoms with Gasteiger partial charge in [0.05, 0.1) is 12.3 Å². The number of rotatable bonds is 5. The summed E-state index contributed by atoms with van der Waals surface area (Å²) in [5.41, 5.74) is 1.79. The number of aryl methyl sites for hydroxylation is 3. The van der Waals surface area contributed by atoms with Crippen molar-refractivity contribution >= 4 is 5.97 Å². The molecule has 7 heteroatoms. The molecule has 0 saturated carbocycles. The number of nitrogens with zero attached hydrogens (tertiary/aromatic N) is 5. The van der Waals surface area contributed by atoms with Gasteiger partial charge in [0.1, 0.15) is 12.0 Å². The molecule has 102 valence electrons. The molecule has 0 spiro atoms. The zero-order valence-corrected chi connectivity index (χ0v) is 11.3. The first-order valence-corrected chi connectivity index (χ1v) is 6.10. The van der Waals surface area contributed by atoms with Crippen molar-refractivity contribution in [3.8, 4) is 11.5 Å².